The van der Waals surface area contributed by atoms with E-state index in [1.54, 1.807) is 0 Å². The van der Waals surface area contributed by atoms with Crippen LogP contribution in [0.4, 0.5) is 5.13 Å². The number of morpholine rings is 1. The second-order valence-electron chi connectivity index (χ2n) is 9.60. The number of nitrogens with zero attached hydrogens (tertiary/aromatic N) is 2. The summed E-state index contributed by atoms with van der Waals surface area (Å²) in [6.45, 7) is 4.81. The highest BCUT2D eigenvalue weighted by Crippen LogP contribution is 2.30. The molecule has 1 aromatic heterocycles. The van der Waals surface area contributed by atoms with Gasteiger partial charge >= 0.3 is 0 Å². The molecule has 1 unspecified atom stereocenters. The number of aromatic nitrogens is 1. The lowest BCUT2D eigenvalue weighted by atomic mass is 9.91. The predicted molar refractivity (Wildman–Crippen MR) is 147 cm³/mol. The van der Waals surface area contributed by atoms with Crippen LogP contribution in [0.1, 0.15) is 31.7 Å². The van der Waals surface area contributed by atoms with E-state index in [-0.39, 0.29) is 18.4 Å². The van der Waals surface area contributed by atoms with E-state index in [9.17, 15) is 9.59 Å². The lowest BCUT2D eigenvalue weighted by molar-refractivity contribution is -0.163. The van der Waals surface area contributed by atoms with E-state index >= 15 is 0 Å². The van der Waals surface area contributed by atoms with Crippen LogP contribution in [-0.4, -0.2) is 73.3 Å². The molecular formula is C28H34N4O5S. The monoisotopic (exact) mass is 538 g/mol. The molecule has 1 atom stereocenters. The fourth-order valence-electron chi connectivity index (χ4n) is 5.03. The third-order valence-electron chi connectivity index (χ3n) is 6.86. The van der Waals surface area contributed by atoms with Crippen molar-refractivity contribution in [2.24, 2.45) is 0 Å². The van der Waals surface area contributed by atoms with Gasteiger partial charge in [-0.2, -0.15) is 0 Å². The molecule has 3 heterocycles. The second kappa shape index (κ2) is 12.1. The van der Waals surface area contributed by atoms with Gasteiger partial charge < -0.3 is 24.8 Å². The van der Waals surface area contributed by atoms with E-state index in [0.717, 1.165) is 41.0 Å². The molecule has 3 aromatic rings. The first-order valence-corrected chi connectivity index (χ1v) is 14.0. The molecule has 0 bridgehead atoms. The zero-order valence-electron chi connectivity index (χ0n) is 21.7. The Balaban J connectivity index is 1.21. The van der Waals surface area contributed by atoms with Gasteiger partial charge in [0.15, 0.2) is 10.7 Å². The summed E-state index contributed by atoms with van der Waals surface area (Å²) in [5.74, 6) is 1.36. The molecule has 9 nitrogen and oxygen atoms in total. The molecule has 2 aliphatic heterocycles. The van der Waals surface area contributed by atoms with Gasteiger partial charge in [0, 0.05) is 13.1 Å². The number of carbonyl (C=O) groups is 2. The van der Waals surface area contributed by atoms with Gasteiger partial charge in [-0.25, -0.2) is 4.98 Å². The highest BCUT2D eigenvalue weighted by Gasteiger charge is 2.43. The van der Waals surface area contributed by atoms with Crippen molar-refractivity contribution in [1.29, 1.82) is 0 Å². The summed E-state index contributed by atoms with van der Waals surface area (Å²) < 4.78 is 18.6. The molecule has 2 aromatic carbocycles. The Kier molecular flexibility index (Phi) is 8.41. The maximum Gasteiger partial charge on any atom is 0.253 e. The molecule has 2 N–H and O–H groups in total. The molecule has 1 spiro atoms. The molecule has 0 saturated carbocycles. The summed E-state index contributed by atoms with van der Waals surface area (Å²) in [6, 6.07) is 13.8. The largest absolute Gasteiger partial charge is 0.494 e. The Labute approximate surface area is 226 Å². The number of nitrogens with one attached hydrogen (secondary N) is 2. The minimum atomic E-state index is -0.983. The van der Waals surface area contributed by atoms with Crippen molar-refractivity contribution in [2.45, 2.75) is 38.2 Å². The Bertz CT molecular complexity index is 1280. The molecule has 0 aliphatic carbocycles. The maximum atomic E-state index is 13.3. The number of ether oxygens (including phenoxy) is 3. The summed E-state index contributed by atoms with van der Waals surface area (Å²) in [6.07, 6.45) is 3.23. The van der Waals surface area contributed by atoms with Gasteiger partial charge in [0.2, 0.25) is 5.91 Å². The lowest BCUT2D eigenvalue weighted by Crippen LogP contribution is -2.61. The number of para-hydroxylation sites is 1. The van der Waals surface area contributed by atoms with Crippen LogP contribution in [0, 0.1) is 0 Å². The van der Waals surface area contributed by atoms with E-state index in [1.807, 2.05) is 48.2 Å². The summed E-state index contributed by atoms with van der Waals surface area (Å²) >= 11 is 1.42. The molecule has 202 valence electrons. The molecule has 1 fully saturated rings. The Morgan fingerprint density at radius 2 is 2.13 bits per heavy atom. The number of fused-ring (bicyclic) bond motifs is 2. The topological polar surface area (TPSA) is 102 Å². The van der Waals surface area contributed by atoms with Crippen LogP contribution in [0.15, 0.2) is 42.5 Å². The van der Waals surface area contributed by atoms with Crippen molar-refractivity contribution >= 4 is 38.5 Å². The van der Waals surface area contributed by atoms with Gasteiger partial charge in [-0.15, -0.1) is 0 Å². The van der Waals surface area contributed by atoms with Gasteiger partial charge in [0.05, 0.1) is 36.5 Å². The van der Waals surface area contributed by atoms with Crippen LogP contribution < -0.4 is 20.1 Å². The third-order valence-corrected chi connectivity index (χ3v) is 7.79. The number of anilines is 1. The summed E-state index contributed by atoms with van der Waals surface area (Å²) in [7, 11) is 0. The maximum absolute atomic E-state index is 13.3. The first-order chi connectivity index (χ1) is 18.5. The highest BCUT2D eigenvalue weighted by atomic mass is 32.1. The van der Waals surface area contributed by atoms with Crippen LogP contribution in [0.3, 0.4) is 0 Å². The van der Waals surface area contributed by atoms with Crippen molar-refractivity contribution in [3.63, 3.8) is 0 Å². The van der Waals surface area contributed by atoms with E-state index in [1.165, 1.54) is 16.9 Å². The van der Waals surface area contributed by atoms with Crippen LogP contribution in [0.25, 0.3) is 10.2 Å². The Hall–Kier alpha value is -3.21. The van der Waals surface area contributed by atoms with Crippen molar-refractivity contribution in [3.8, 4) is 11.5 Å². The molecular weight excluding hydrogens is 504 g/mol. The van der Waals surface area contributed by atoms with E-state index < -0.39 is 5.60 Å². The Morgan fingerprint density at radius 3 is 3.03 bits per heavy atom. The highest BCUT2D eigenvalue weighted by molar-refractivity contribution is 7.22. The fourth-order valence-corrected chi connectivity index (χ4v) is 5.94. The van der Waals surface area contributed by atoms with Gasteiger partial charge in [-0.05, 0) is 62.4 Å². The number of aryl methyl sites for hydroxylation is 1. The van der Waals surface area contributed by atoms with Crippen molar-refractivity contribution in [2.75, 3.05) is 51.3 Å². The smallest absolute Gasteiger partial charge is 0.253 e. The number of carbonyl (C=O) groups excluding carboxylic acids is 2. The van der Waals surface area contributed by atoms with Crippen LogP contribution >= 0.6 is 11.3 Å². The van der Waals surface area contributed by atoms with Crippen molar-refractivity contribution in [3.05, 3.63) is 48.0 Å². The summed E-state index contributed by atoms with van der Waals surface area (Å²) in [5.41, 5.74) is 1.01. The average Bonchev–Trinajstić information content (AvgIpc) is 3.30. The minimum Gasteiger partial charge on any atom is -0.494 e. The second-order valence-corrected chi connectivity index (χ2v) is 10.6. The molecule has 0 radical (unpaired) electrons. The summed E-state index contributed by atoms with van der Waals surface area (Å²) in [5, 5.41) is 6.47. The van der Waals surface area contributed by atoms with Gasteiger partial charge in [-0.3, -0.25) is 14.5 Å². The number of benzene rings is 2. The van der Waals surface area contributed by atoms with E-state index in [0.29, 0.717) is 51.0 Å². The summed E-state index contributed by atoms with van der Waals surface area (Å²) in [4.78, 5) is 32.8. The quantitative estimate of drug-likeness (QED) is 0.512. The van der Waals surface area contributed by atoms with Gasteiger partial charge in [-0.1, -0.05) is 29.5 Å². The predicted octanol–water partition coefficient (Wildman–Crippen LogP) is 3.63. The zero-order valence-corrected chi connectivity index (χ0v) is 22.5. The number of rotatable bonds is 5. The SMILES string of the molecule is CCOc1ccc2nc(NC(=O)CN3CCOC4(CCCCc5ccccc5OCCNC4=O)C3)sc2c1. The van der Waals surface area contributed by atoms with Gasteiger partial charge in [0.1, 0.15) is 18.1 Å². The molecule has 5 rings (SSSR count). The first kappa shape index (κ1) is 26.4. The number of amides is 2. The van der Waals surface area contributed by atoms with E-state index in [2.05, 4.69) is 21.7 Å². The molecule has 10 heteroatoms. The van der Waals surface area contributed by atoms with Crippen LogP contribution in [-0.2, 0) is 20.7 Å². The number of hydrogen-bond donors (Lipinski definition) is 2. The van der Waals surface area contributed by atoms with E-state index in [4.69, 9.17) is 14.2 Å². The van der Waals surface area contributed by atoms with Crippen molar-refractivity contribution in [1.82, 2.24) is 15.2 Å². The first-order valence-electron chi connectivity index (χ1n) is 13.2. The molecule has 1 saturated heterocycles. The third kappa shape index (κ3) is 6.25. The van der Waals surface area contributed by atoms with Crippen molar-refractivity contribution < 1.29 is 23.8 Å². The molecule has 2 amide bonds. The number of thiazole rings is 1. The molecule has 2 aliphatic rings. The standard InChI is InChI=1S/C28H34N4O5S/c1-2-35-21-10-11-22-24(17-21)38-27(30-22)31-25(33)18-32-14-16-37-28(19-32)12-6-5-8-20-7-3-4-9-23(20)36-15-13-29-26(28)34/h3-4,7,9-11,17H,2,5-6,8,12-16,18-19H2,1H3,(H,29,34)(H,30,31,33). The number of hydrogen-bond acceptors (Lipinski definition) is 8. The fraction of sp³-hybridized carbons (Fsp3) is 0.464. The Morgan fingerprint density at radius 1 is 1.24 bits per heavy atom. The molecule has 38 heavy (non-hydrogen) atoms. The normalized spacial score (nSPS) is 21.0. The van der Waals surface area contributed by atoms with Crippen LogP contribution in [0.5, 0.6) is 11.5 Å². The lowest BCUT2D eigenvalue weighted by Gasteiger charge is -2.41. The average molecular weight is 539 g/mol. The van der Waals surface area contributed by atoms with Crippen LogP contribution in [0.2, 0.25) is 0 Å². The van der Waals surface area contributed by atoms with Gasteiger partial charge in [0.25, 0.3) is 5.91 Å². The zero-order chi connectivity index (χ0) is 26.4. The minimum absolute atomic E-state index is 0.142.